The Kier molecular flexibility index (Phi) is 6.82. The Hall–Kier alpha value is -1.44. The summed E-state index contributed by atoms with van der Waals surface area (Å²) in [5.41, 5.74) is 1.33. The number of carboxylic acids is 1. The lowest BCUT2D eigenvalue weighted by Gasteiger charge is -2.33. The van der Waals surface area contributed by atoms with Gasteiger partial charge in [0.1, 0.15) is 5.00 Å². The van der Waals surface area contributed by atoms with Crippen molar-refractivity contribution >= 4 is 28.2 Å². The minimum Gasteiger partial charge on any atom is -0.478 e. The topological polar surface area (TPSA) is 89.9 Å². The van der Waals surface area contributed by atoms with E-state index in [1.807, 2.05) is 11.8 Å². The lowest BCUT2D eigenvalue weighted by molar-refractivity contribution is -0.117. The second-order valence-electron chi connectivity index (χ2n) is 7.96. The molecule has 1 aromatic heterocycles. The van der Waals surface area contributed by atoms with Gasteiger partial charge in [0, 0.05) is 11.4 Å². The SMILES string of the molecule is CCN(CCO)CC(=O)Nc1sc2c(c1C(=O)O)CCC(C(C)(C)C)C2. The number of hydrogen-bond acceptors (Lipinski definition) is 5. The summed E-state index contributed by atoms with van der Waals surface area (Å²) in [5, 5.41) is 22.0. The Morgan fingerprint density at radius 1 is 1.35 bits per heavy atom. The zero-order chi connectivity index (χ0) is 19.5. The van der Waals surface area contributed by atoms with Crippen LogP contribution in [0, 0.1) is 11.3 Å². The minimum absolute atomic E-state index is 0.0109. The second kappa shape index (κ2) is 8.50. The Morgan fingerprint density at radius 2 is 2.04 bits per heavy atom. The number of nitrogens with zero attached hydrogens (tertiary/aromatic N) is 1. The van der Waals surface area contributed by atoms with Gasteiger partial charge >= 0.3 is 5.97 Å². The number of fused-ring (bicyclic) bond motifs is 1. The number of carboxylic acid groups (broad SMARTS) is 1. The van der Waals surface area contributed by atoms with Gasteiger partial charge < -0.3 is 15.5 Å². The largest absolute Gasteiger partial charge is 0.478 e. The van der Waals surface area contributed by atoms with Crippen LogP contribution in [-0.2, 0) is 17.6 Å². The summed E-state index contributed by atoms with van der Waals surface area (Å²) in [6.07, 6.45) is 2.59. The van der Waals surface area contributed by atoms with E-state index in [4.69, 9.17) is 5.11 Å². The number of anilines is 1. The molecule has 0 spiro atoms. The van der Waals surface area contributed by atoms with Crippen molar-refractivity contribution in [2.75, 3.05) is 31.6 Å². The molecule has 0 fully saturated rings. The van der Waals surface area contributed by atoms with Crippen LogP contribution in [0.15, 0.2) is 0 Å². The highest BCUT2D eigenvalue weighted by molar-refractivity contribution is 7.17. The molecule has 0 aliphatic heterocycles. The first-order valence-corrected chi connectivity index (χ1v) is 9.99. The van der Waals surface area contributed by atoms with Crippen LogP contribution in [0.1, 0.15) is 54.9 Å². The second-order valence-corrected chi connectivity index (χ2v) is 9.06. The highest BCUT2D eigenvalue weighted by Crippen LogP contribution is 2.44. The van der Waals surface area contributed by atoms with Gasteiger partial charge in [0.15, 0.2) is 0 Å². The molecule has 0 radical (unpaired) electrons. The van der Waals surface area contributed by atoms with Gasteiger partial charge in [-0.2, -0.15) is 0 Å². The summed E-state index contributed by atoms with van der Waals surface area (Å²) in [7, 11) is 0. The predicted octanol–water partition coefficient (Wildman–Crippen LogP) is 2.85. The van der Waals surface area contributed by atoms with E-state index in [2.05, 4.69) is 26.1 Å². The molecule has 26 heavy (non-hydrogen) atoms. The molecule has 6 nitrogen and oxygen atoms in total. The van der Waals surface area contributed by atoms with Crippen molar-refractivity contribution in [3.05, 3.63) is 16.0 Å². The highest BCUT2D eigenvalue weighted by atomic mass is 32.1. The van der Waals surface area contributed by atoms with Gasteiger partial charge in [-0.25, -0.2) is 4.79 Å². The molecule has 0 aromatic carbocycles. The molecule has 7 heteroatoms. The molecular formula is C19H30N2O4S. The molecule has 1 aromatic rings. The third-order valence-corrected chi connectivity index (χ3v) is 6.36. The molecule has 1 aliphatic rings. The number of rotatable bonds is 7. The van der Waals surface area contributed by atoms with Crippen LogP contribution >= 0.6 is 11.3 Å². The van der Waals surface area contributed by atoms with Crippen molar-refractivity contribution in [2.24, 2.45) is 11.3 Å². The molecule has 0 saturated carbocycles. The van der Waals surface area contributed by atoms with Crippen LogP contribution in [0.5, 0.6) is 0 Å². The molecule has 1 amide bonds. The lowest BCUT2D eigenvalue weighted by atomic mass is 9.72. The number of likely N-dealkylation sites (N-methyl/N-ethyl adjacent to an activating group) is 1. The van der Waals surface area contributed by atoms with Crippen LogP contribution in [0.4, 0.5) is 5.00 Å². The first-order valence-electron chi connectivity index (χ1n) is 9.18. The molecule has 1 aliphatic carbocycles. The van der Waals surface area contributed by atoms with Crippen molar-refractivity contribution in [2.45, 2.75) is 47.0 Å². The molecule has 3 N–H and O–H groups in total. The van der Waals surface area contributed by atoms with Crippen LogP contribution in [0.25, 0.3) is 0 Å². The smallest absolute Gasteiger partial charge is 0.339 e. The van der Waals surface area contributed by atoms with Gasteiger partial charge in [-0.05, 0) is 42.7 Å². The van der Waals surface area contributed by atoms with Gasteiger partial charge in [-0.15, -0.1) is 11.3 Å². The number of carbonyl (C=O) groups excluding carboxylic acids is 1. The average Bonchev–Trinajstić information content (AvgIpc) is 2.90. The van der Waals surface area contributed by atoms with E-state index in [-0.39, 0.29) is 30.0 Å². The molecule has 0 bridgehead atoms. The normalized spacial score (nSPS) is 17.2. The van der Waals surface area contributed by atoms with Crippen molar-refractivity contribution in [3.63, 3.8) is 0 Å². The van der Waals surface area contributed by atoms with Crippen molar-refractivity contribution < 1.29 is 19.8 Å². The zero-order valence-corrected chi connectivity index (χ0v) is 16.9. The highest BCUT2D eigenvalue weighted by Gasteiger charge is 2.34. The fraction of sp³-hybridized carbons (Fsp3) is 0.684. The number of hydrogen-bond donors (Lipinski definition) is 3. The molecule has 2 rings (SSSR count). The molecule has 1 atom stereocenters. The number of thiophene rings is 1. The summed E-state index contributed by atoms with van der Waals surface area (Å²) < 4.78 is 0. The monoisotopic (exact) mass is 382 g/mol. The van der Waals surface area contributed by atoms with Gasteiger partial charge in [0.2, 0.25) is 5.91 Å². The minimum atomic E-state index is -0.977. The van der Waals surface area contributed by atoms with Crippen LogP contribution in [0.3, 0.4) is 0 Å². The Balaban J connectivity index is 2.21. The van der Waals surface area contributed by atoms with E-state index >= 15 is 0 Å². The first-order chi connectivity index (χ1) is 12.2. The molecule has 146 valence electrons. The van der Waals surface area contributed by atoms with Crippen LogP contribution in [-0.4, -0.2) is 53.2 Å². The third kappa shape index (κ3) is 4.84. The van der Waals surface area contributed by atoms with E-state index in [9.17, 15) is 14.7 Å². The average molecular weight is 383 g/mol. The summed E-state index contributed by atoms with van der Waals surface area (Å²) in [4.78, 5) is 27.1. The van der Waals surface area contributed by atoms with E-state index in [0.717, 1.165) is 29.7 Å². The molecule has 1 unspecified atom stereocenters. The van der Waals surface area contributed by atoms with Crippen molar-refractivity contribution in [3.8, 4) is 0 Å². The molecule has 1 heterocycles. The van der Waals surface area contributed by atoms with Crippen molar-refractivity contribution in [1.82, 2.24) is 4.90 Å². The van der Waals surface area contributed by atoms with E-state index in [1.165, 1.54) is 11.3 Å². The Bertz CT molecular complexity index is 663. The maximum atomic E-state index is 12.3. The van der Waals surface area contributed by atoms with Gasteiger partial charge in [-0.3, -0.25) is 9.69 Å². The number of carbonyl (C=O) groups is 2. The van der Waals surface area contributed by atoms with Crippen LogP contribution < -0.4 is 5.32 Å². The molecule has 0 saturated heterocycles. The van der Waals surface area contributed by atoms with Gasteiger partial charge in [-0.1, -0.05) is 27.7 Å². The number of aromatic carboxylic acids is 1. The summed E-state index contributed by atoms with van der Waals surface area (Å²) in [6, 6.07) is 0. The Morgan fingerprint density at radius 3 is 2.58 bits per heavy atom. The zero-order valence-electron chi connectivity index (χ0n) is 16.1. The number of aliphatic hydroxyl groups is 1. The standard InChI is InChI=1S/C19H30N2O4S/c1-5-21(8-9-22)11-15(23)20-17-16(18(24)25)13-7-6-12(19(2,3)4)10-14(13)26-17/h12,22H,5-11H2,1-4H3,(H,20,23)(H,24,25). The van der Waals surface area contributed by atoms with Crippen molar-refractivity contribution in [1.29, 1.82) is 0 Å². The van der Waals surface area contributed by atoms with E-state index < -0.39 is 5.97 Å². The fourth-order valence-corrected chi connectivity index (χ4v) is 4.83. The number of nitrogens with one attached hydrogen (secondary N) is 1. The van der Waals surface area contributed by atoms with Crippen LogP contribution in [0.2, 0.25) is 0 Å². The summed E-state index contributed by atoms with van der Waals surface area (Å²) in [6.45, 7) is 9.78. The van der Waals surface area contributed by atoms with Gasteiger partial charge in [0.25, 0.3) is 0 Å². The van der Waals surface area contributed by atoms with Gasteiger partial charge in [0.05, 0.1) is 18.7 Å². The summed E-state index contributed by atoms with van der Waals surface area (Å²) in [5.74, 6) is -0.706. The fourth-order valence-electron chi connectivity index (χ4n) is 3.50. The predicted molar refractivity (Wildman–Crippen MR) is 104 cm³/mol. The summed E-state index contributed by atoms with van der Waals surface area (Å²) >= 11 is 1.41. The van der Waals surface area contributed by atoms with E-state index in [1.54, 1.807) is 0 Å². The molecular weight excluding hydrogens is 352 g/mol. The lowest BCUT2D eigenvalue weighted by Crippen LogP contribution is -2.35. The number of amides is 1. The first kappa shape index (κ1) is 20.9. The maximum absolute atomic E-state index is 12.3. The quantitative estimate of drug-likeness (QED) is 0.675. The number of aliphatic hydroxyl groups excluding tert-OH is 1. The van der Waals surface area contributed by atoms with E-state index in [0.29, 0.717) is 24.0 Å². The third-order valence-electron chi connectivity index (χ3n) is 5.19. The maximum Gasteiger partial charge on any atom is 0.339 e. The Labute approximate surface area is 159 Å².